The number of fused-ring (bicyclic) bond motifs is 2. The van der Waals surface area contributed by atoms with Crippen molar-refractivity contribution in [3.8, 4) is 0 Å². The minimum atomic E-state index is -4.92. The van der Waals surface area contributed by atoms with Gasteiger partial charge in [0, 0.05) is 4.70 Å². The number of aryl methyl sites for hydroxylation is 1. The SMILES string of the molecule is Cc1c(N(Cc2ccc(F)c(C(F)(F)F)c2)S(=O)(=O)c2nc3ccccc3[nH]2)sc2ccccc12. The Hall–Kier alpha value is -3.44. The van der Waals surface area contributed by atoms with Gasteiger partial charge in [-0.1, -0.05) is 36.4 Å². The molecule has 0 saturated heterocycles. The number of rotatable bonds is 5. The fourth-order valence-electron chi connectivity index (χ4n) is 3.88. The van der Waals surface area contributed by atoms with Crippen LogP contribution in [0.15, 0.2) is 71.9 Å². The topological polar surface area (TPSA) is 66.1 Å². The molecule has 0 amide bonds. The highest BCUT2D eigenvalue weighted by Crippen LogP contribution is 2.41. The molecule has 0 saturated carbocycles. The molecular formula is C24H17F4N3O2S2. The van der Waals surface area contributed by atoms with Gasteiger partial charge in [0.25, 0.3) is 10.0 Å². The first-order chi connectivity index (χ1) is 16.6. The molecule has 2 aromatic heterocycles. The third-order valence-corrected chi connectivity index (χ3v) is 8.59. The van der Waals surface area contributed by atoms with Crippen molar-refractivity contribution < 1.29 is 26.0 Å². The number of alkyl halides is 3. The summed E-state index contributed by atoms with van der Waals surface area (Å²) in [6, 6.07) is 16.6. The van der Waals surface area contributed by atoms with Gasteiger partial charge in [0.2, 0.25) is 5.16 Å². The molecule has 3 aromatic carbocycles. The molecule has 5 aromatic rings. The number of hydrogen-bond acceptors (Lipinski definition) is 4. The Morgan fingerprint density at radius 3 is 2.46 bits per heavy atom. The zero-order valence-corrected chi connectivity index (χ0v) is 19.7. The molecule has 1 N–H and O–H groups in total. The fraction of sp³-hybridized carbons (Fsp3) is 0.125. The monoisotopic (exact) mass is 519 g/mol. The second-order valence-electron chi connectivity index (χ2n) is 7.91. The van der Waals surface area contributed by atoms with Gasteiger partial charge in [0.05, 0.1) is 23.1 Å². The van der Waals surface area contributed by atoms with Gasteiger partial charge in [-0.25, -0.2) is 13.7 Å². The lowest BCUT2D eigenvalue weighted by Gasteiger charge is -2.23. The van der Waals surface area contributed by atoms with Gasteiger partial charge in [-0.3, -0.25) is 0 Å². The predicted octanol–water partition coefficient (Wildman–Crippen LogP) is 6.64. The average molecular weight is 520 g/mol. The van der Waals surface area contributed by atoms with Crippen LogP contribution in [0.2, 0.25) is 0 Å². The van der Waals surface area contributed by atoms with Crippen molar-refractivity contribution in [3.63, 3.8) is 0 Å². The van der Waals surface area contributed by atoms with E-state index in [2.05, 4.69) is 9.97 Å². The van der Waals surface area contributed by atoms with E-state index in [1.165, 1.54) is 11.3 Å². The summed E-state index contributed by atoms with van der Waals surface area (Å²) >= 11 is 1.20. The Balaban J connectivity index is 1.68. The number of halogens is 4. The Morgan fingerprint density at radius 2 is 1.74 bits per heavy atom. The van der Waals surface area contributed by atoms with Gasteiger partial charge >= 0.3 is 6.18 Å². The molecule has 5 nitrogen and oxygen atoms in total. The minimum absolute atomic E-state index is 0.0183. The molecule has 0 atom stereocenters. The van der Waals surface area contributed by atoms with Crippen molar-refractivity contribution in [2.75, 3.05) is 4.31 Å². The second-order valence-corrected chi connectivity index (χ2v) is 10.7. The first-order valence-corrected chi connectivity index (χ1v) is 12.6. The number of nitrogens with zero attached hydrogens (tertiary/aromatic N) is 2. The molecule has 11 heteroatoms. The normalized spacial score (nSPS) is 12.5. The summed E-state index contributed by atoms with van der Waals surface area (Å²) in [5.74, 6) is -1.43. The van der Waals surface area contributed by atoms with Crippen molar-refractivity contribution >= 4 is 47.5 Å². The van der Waals surface area contributed by atoms with Crippen LogP contribution in [0.3, 0.4) is 0 Å². The van der Waals surface area contributed by atoms with Crippen molar-refractivity contribution in [2.24, 2.45) is 0 Å². The number of hydrogen-bond donors (Lipinski definition) is 1. The first-order valence-electron chi connectivity index (χ1n) is 10.4. The van der Waals surface area contributed by atoms with E-state index in [-0.39, 0.29) is 10.7 Å². The number of nitrogens with one attached hydrogen (secondary N) is 1. The largest absolute Gasteiger partial charge is 0.419 e. The third-order valence-electron chi connectivity index (χ3n) is 5.61. The quantitative estimate of drug-likeness (QED) is 0.265. The Morgan fingerprint density at radius 1 is 1.03 bits per heavy atom. The maximum Gasteiger partial charge on any atom is 0.419 e. The summed E-state index contributed by atoms with van der Waals surface area (Å²) in [4.78, 5) is 7.00. The molecule has 0 aliphatic carbocycles. The smallest absolute Gasteiger partial charge is 0.327 e. The standard InChI is InChI=1S/C24H17F4N3O2S2/c1-14-16-6-2-5-9-21(16)34-22(14)31(13-15-10-11-18(25)17(12-15)24(26,27)28)35(32,33)23-29-19-7-3-4-8-20(19)30-23/h2-12H,13H2,1H3,(H,29,30). The molecule has 0 radical (unpaired) electrons. The van der Waals surface area contributed by atoms with Crippen LogP contribution in [0.4, 0.5) is 22.6 Å². The Kier molecular flexibility index (Phi) is 5.56. The highest BCUT2D eigenvalue weighted by atomic mass is 32.2. The van der Waals surface area contributed by atoms with E-state index in [0.29, 0.717) is 33.7 Å². The Bertz CT molecular complexity index is 1640. The molecule has 0 bridgehead atoms. The number of aromatic amines is 1. The van der Waals surface area contributed by atoms with Gasteiger partial charge in [0.1, 0.15) is 10.8 Å². The zero-order valence-electron chi connectivity index (χ0n) is 18.1. The maximum absolute atomic E-state index is 13.9. The van der Waals surface area contributed by atoms with Crippen LogP contribution in [0.25, 0.3) is 21.1 Å². The van der Waals surface area contributed by atoms with E-state index in [0.717, 1.165) is 20.5 Å². The van der Waals surface area contributed by atoms with E-state index in [1.807, 2.05) is 24.3 Å². The maximum atomic E-state index is 13.9. The van der Waals surface area contributed by atoms with Crippen molar-refractivity contribution in [1.82, 2.24) is 9.97 Å². The number of H-pyrrole nitrogens is 1. The molecule has 2 heterocycles. The van der Waals surface area contributed by atoms with Crippen LogP contribution in [-0.4, -0.2) is 18.4 Å². The lowest BCUT2D eigenvalue weighted by atomic mass is 10.1. The number of imidazole rings is 1. The molecule has 5 rings (SSSR count). The van der Waals surface area contributed by atoms with E-state index in [4.69, 9.17) is 0 Å². The number of aromatic nitrogens is 2. The number of sulfonamides is 1. The lowest BCUT2D eigenvalue weighted by molar-refractivity contribution is -0.140. The average Bonchev–Trinajstić information content (AvgIpc) is 3.40. The van der Waals surface area contributed by atoms with Crippen LogP contribution in [0, 0.1) is 12.7 Å². The lowest BCUT2D eigenvalue weighted by Crippen LogP contribution is -2.31. The van der Waals surface area contributed by atoms with Crippen molar-refractivity contribution in [2.45, 2.75) is 24.8 Å². The van der Waals surface area contributed by atoms with Crippen LogP contribution in [-0.2, 0) is 22.7 Å². The second kappa shape index (κ2) is 8.35. The molecule has 180 valence electrons. The van der Waals surface area contributed by atoms with E-state index in [9.17, 15) is 26.0 Å². The summed E-state index contributed by atoms with van der Waals surface area (Å²) in [7, 11) is -4.34. The number of benzene rings is 3. The summed E-state index contributed by atoms with van der Waals surface area (Å²) < 4.78 is 83.4. The molecule has 35 heavy (non-hydrogen) atoms. The zero-order chi connectivity index (χ0) is 25.0. The highest BCUT2D eigenvalue weighted by molar-refractivity contribution is 7.92. The van der Waals surface area contributed by atoms with Gasteiger partial charge in [-0.15, -0.1) is 11.3 Å². The van der Waals surface area contributed by atoms with Gasteiger partial charge in [-0.05, 0) is 53.8 Å². The molecule has 0 aliphatic heterocycles. The predicted molar refractivity (Wildman–Crippen MR) is 127 cm³/mol. The van der Waals surface area contributed by atoms with Crippen molar-refractivity contribution in [3.05, 3.63) is 89.2 Å². The van der Waals surface area contributed by atoms with E-state index in [1.54, 1.807) is 31.2 Å². The van der Waals surface area contributed by atoms with Crippen LogP contribution < -0.4 is 4.31 Å². The van der Waals surface area contributed by atoms with Crippen LogP contribution in [0.5, 0.6) is 0 Å². The van der Waals surface area contributed by atoms with Crippen LogP contribution >= 0.6 is 11.3 Å². The molecule has 0 spiro atoms. The highest BCUT2D eigenvalue weighted by Gasteiger charge is 2.36. The van der Waals surface area contributed by atoms with Gasteiger partial charge in [-0.2, -0.15) is 21.6 Å². The number of anilines is 1. The summed E-state index contributed by atoms with van der Waals surface area (Å²) in [6.07, 6.45) is -4.92. The molecule has 0 unspecified atom stereocenters. The van der Waals surface area contributed by atoms with E-state index < -0.39 is 34.1 Å². The van der Waals surface area contributed by atoms with Gasteiger partial charge < -0.3 is 4.98 Å². The third kappa shape index (κ3) is 4.14. The van der Waals surface area contributed by atoms with Crippen LogP contribution in [0.1, 0.15) is 16.7 Å². The van der Waals surface area contributed by atoms with Crippen molar-refractivity contribution in [1.29, 1.82) is 0 Å². The molecule has 0 fully saturated rings. The summed E-state index contributed by atoms with van der Waals surface area (Å²) in [5, 5.41) is 0.825. The van der Waals surface area contributed by atoms with Gasteiger partial charge in [0.15, 0.2) is 0 Å². The Labute approximate surface area is 201 Å². The minimum Gasteiger partial charge on any atom is -0.327 e. The molecular weight excluding hydrogens is 502 g/mol. The summed E-state index contributed by atoms with van der Waals surface area (Å²) in [6.45, 7) is 1.30. The number of para-hydroxylation sites is 2. The number of thiophene rings is 1. The summed E-state index contributed by atoms with van der Waals surface area (Å²) in [5.41, 5.74) is 0.114. The molecule has 0 aliphatic rings. The van der Waals surface area contributed by atoms with E-state index >= 15 is 0 Å². The fourth-order valence-corrected chi connectivity index (χ4v) is 6.73. The first kappa shape index (κ1) is 23.3.